The minimum absolute atomic E-state index is 0.277. The number of hydrogen-bond donors (Lipinski definition) is 3. The largest absolute Gasteiger partial charge is 0.488 e. The number of carbonyl (C=O) groups is 1. The van der Waals surface area contributed by atoms with Gasteiger partial charge in [-0.2, -0.15) is 0 Å². The number of carboxylic acid groups (broad SMARTS) is 1. The third kappa shape index (κ3) is 2.99. The Hall–Kier alpha value is -2.57. The highest BCUT2D eigenvalue weighted by molar-refractivity contribution is 6.58. The molecule has 23 heavy (non-hydrogen) atoms. The van der Waals surface area contributed by atoms with Crippen molar-refractivity contribution < 1.29 is 19.9 Å². The summed E-state index contributed by atoms with van der Waals surface area (Å²) in [6.45, 7) is 2.58. The molecule has 0 saturated carbocycles. The lowest BCUT2D eigenvalue weighted by Gasteiger charge is -2.07. The van der Waals surface area contributed by atoms with Gasteiger partial charge in [-0.15, -0.1) is 0 Å². The maximum Gasteiger partial charge on any atom is 0.488 e. The van der Waals surface area contributed by atoms with E-state index in [1.54, 1.807) is 24.3 Å². The number of rotatable bonds is 4. The van der Waals surface area contributed by atoms with Crippen molar-refractivity contribution in [2.75, 3.05) is 0 Å². The summed E-state index contributed by atoms with van der Waals surface area (Å²) in [5.41, 5.74) is 3.74. The van der Waals surface area contributed by atoms with Crippen LogP contribution in [0.15, 0.2) is 48.7 Å². The van der Waals surface area contributed by atoms with E-state index in [0.717, 1.165) is 22.0 Å². The quantitative estimate of drug-likeness (QED) is 0.636. The van der Waals surface area contributed by atoms with Crippen molar-refractivity contribution >= 4 is 29.5 Å². The van der Waals surface area contributed by atoms with Crippen LogP contribution >= 0.6 is 0 Å². The number of benzene rings is 2. The average Bonchev–Trinajstić information content (AvgIpc) is 2.83. The van der Waals surface area contributed by atoms with Crippen LogP contribution in [0.2, 0.25) is 0 Å². The number of carboxylic acids is 1. The van der Waals surface area contributed by atoms with Crippen LogP contribution in [0.1, 0.15) is 21.5 Å². The van der Waals surface area contributed by atoms with Gasteiger partial charge in [-0.25, -0.2) is 4.79 Å². The second kappa shape index (κ2) is 5.91. The maximum absolute atomic E-state index is 11.1. The van der Waals surface area contributed by atoms with Crippen LogP contribution in [-0.4, -0.2) is 32.8 Å². The second-order valence-corrected chi connectivity index (χ2v) is 5.59. The minimum atomic E-state index is -1.46. The molecule has 1 heterocycles. The zero-order chi connectivity index (χ0) is 16.6. The highest BCUT2D eigenvalue weighted by Crippen LogP contribution is 2.23. The molecular weight excluding hydrogens is 293 g/mol. The summed E-state index contributed by atoms with van der Waals surface area (Å²) in [6.07, 6.45) is 1.99. The Morgan fingerprint density at radius 2 is 1.83 bits per heavy atom. The summed E-state index contributed by atoms with van der Waals surface area (Å²) < 4.78 is 2.06. The Morgan fingerprint density at radius 1 is 1.13 bits per heavy atom. The summed E-state index contributed by atoms with van der Waals surface area (Å²) in [5.74, 6) is -0.933. The Bertz CT molecular complexity index is 868. The number of nitrogens with zero attached hydrogens (tertiary/aromatic N) is 1. The zero-order valence-corrected chi connectivity index (χ0v) is 12.6. The van der Waals surface area contributed by atoms with Gasteiger partial charge in [0, 0.05) is 23.6 Å². The summed E-state index contributed by atoms with van der Waals surface area (Å²) >= 11 is 0. The predicted molar refractivity (Wildman–Crippen MR) is 89.0 cm³/mol. The van der Waals surface area contributed by atoms with Gasteiger partial charge in [-0.3, -0.25) is 0 Å². The van der Waals surface area contributed by atoms with Crippen LogP contribution in [-0.2, 0) is 6.54 Å². The number of aromatic carboxylic acids is 1. The maximum atomic E-state index is 11.1. The normalized spacial score (nSPS) is 10.9. The standard InChI is InChI=1S/C17H16BNO4/c1-11-9-19(10-12-2-5-14(6-3-12)18(22)23)16-7-4-13(17(20)21)8-15(11)16/h2-9,22-23H,10H2,1H3,(H,20,21). The van der Waals surface area contributed by atoms with Crippen molar-refractivity contribution in [3.05, 3.63) is 65.4 Å². The average molecular weight is 309 g/mol. The number of aryl methyl sites for hydroxylation is 1. The Kier molecular flexibility index (Phi) is 3.94. The molecule has 3 aromatic rings. The van der Waals surface area contributed by atoms with E-state index < -0.39 is 13.1 Å². The Labute approximate surface area is 133 Å². The van der Waals surface area contributed by atoms with Gasteiger partial charge in [0.2, 0.25) is 0 Å². The predicted octanol–water partition coefficient (Wildman–Crippen LogP) is 1.38. The van der Waals surface area contributed by atoms with E-state index in [1.165, 1.54) is 0 Å². The molecule has 1 aromatic heterocycles. The summed E-state index contributed by atoms with van der Waals surface area (Å²) in [7, 11) is -1.46. The first-order valence-corrected chi connectivity index (χ1v) is 7.23. The molecule has 0 amide bonds. The SMILES string of the molecule is Cc1cn(Cc2ccc(B(O)O)cc2)c2ccc(C(=O)O)cc12. The van der Waals surface area contributed by atoms with E-state index in [0.29, 0.717) is 12.0 Å². The highest BCUT2D eigenvalue weighted by atomic mass is 16.4. The molecule has 0 bridgehead atoms. The van der Waals surface area contributed by atoms with Crippen molar-refractivity contribution in [1.82, 2.24) is 4.57 Å². The lowest BCUT2D eigenvalue weighted by atomic mass is 9.80. The molecule has 0 radical (unpaired) electrons. The van der Waals surface area contributed by atoms with E-state index in [1.807, 2.05) is 31.3 Å². The van der Waals surface area contributed by atoms with E-state index in [2.05, 4.69) is 4.57 Å². The first kappa shape index (κ1) is 15.3. The topological polar surface area (TPSA) is 82.7 Å². The molecule has 0 fully saturated rings. The fourth-order valence-electron chi connectivity index (χ4n) is 2.73. The van der Waals surface area contributed by atoms with E-state index in [9.17, 15) is 4.79 Å². The monoisotopic (exact) mass is 309 g/mol. The van der Waals surface area contributed by atoms with Crippen molar-refractivity contribution in [2.45, 2.75) is 13.5 Å². The molecule has 0 atom stereocenters. The lowest BCUT2D eigenvalue weighted by Crippen LogP contribution is -2.29. The third-order valence-electron chi connectivity index (χ3n) is 3.96. The van der Waals surface area contributed by atoms with Crippen LogP contribution < -0.4 is 5.46 Å². The number of aromatic nitrogens is 1. The Balaban J connectivity index is 1.95. The van der Waals surface area contributed by atoms with Crippen molar-refractivity contribution in [3.63, 3.8) is 0 Å². The second-order valence-electron chi connectivity index (χ2n) is 5.59. The van der Waals surface area contributed by atoms with Gasteiger partial charge in [0.15, 0.2) is 0 Å². The van der Waals surface area contributed by atoms with Gasteiger partial charge in [-0.1, -0.05) is 24.3 Å². The smallest absolute Gasteiger partial charge is 0.478 e. The van der Waals surface area contributed by atoms with Crippen LogP contribution in [0.3, 0.4) is 0 Å². The summed E-state index contributed by atoms with van der Waals surface area (Å²) in [4.78, 5) is 11.1. The molecule has 0 aliphatic carbocycles. The molecule has 3 rings (SSSR count). The molecule has 5 nitrogen and oxygen atoms in total. The molecule has 6 heteroatoms. The molecule has 0 saturated heterocycles. The summed E-state index contributed by atoms with van der Waals surface area (Å²) in [6, 6.07) is 12.2. The van der Waals surface area contributed by atoms with Gasteiger partial charge >= 0.3 is 13.1 Å². The minimum Gasteiger partial charge on any atom is -0.478 e. The van der Waals surface area contributed by atoms with Crippen LogP contribution in [0.4, 0.5) is 0 Å². The Morgan fingerprint density at radius 3 is 2.43 bits per heavy atom. The molecule has 2 aromatic carbocycles. The first-order chi connectivity index (χ1) is 11.0. The van der Waals surface area contributed by atoms with Crippen LogP contribution in [0, 0.1) is 6.92 Å². The highest BCUT2D eigenvalue weighted by Gasteiger charge is 2.12. The first-order valence-electron chi connectivity index (χ1n) is 7.23. The van der Waals surface area contributed by atoms with Crippen LogP contribution in [0.5, 0.6) is 0 Å². The van der Waals surface area contributed by atoms with Crippen molar-refractivity contribution in [3.8, 4) is 0 Å². The fraction of sp³-hybridized carbons (Fsp3) is 0.118. The lowest BCUT2D eigenvalue weighted by molar-refractivity contribution is 0.0697. The van der Waals surface area contributed by atoms with Crippen molar-refractivity contribution in [2.24, 2.45) is 0 Å². The number of hydrogen-bond acceptors (Lipinski definition) is 3. The van der Waals surface area contributed by atoms with Gasteiger partial charge < -0.3 is 19.7 Å². The molecular formula is C17H16BNO4. The molecule has 0 aliphatic rings. The number of fused-ring (bicyclic) bond motifs is 1. The van der Waals surface area contributed by atoms with Gasteiger partial charge in [0.05, 0.1) is 5.56 Å². The molecule has 3 N–H and O–H groups in total. The van der Waals surface area contributed by atoms with Crippen LogP contribution in [0.25, 0.3) is 10.9 Å². The molecule has 116 valence electrons. The summed E-state index contributed by atoms with van der Waals surface area (Å²) in [5, 5.41) is 28.3. The molecule has 0 unspecified atom stereocenters. The van der Waals surface area contributed by atoms with Crippen molar-refractivity contribution in [1.29, 1.82) is 0 Å². The molecule has 0 spiro atoms. The van der Waals surface area contributed by atoms with Gasteiger partial charge in [0.1, 0.15) is 0 Å². The zero-order valence-electron chi connectivity index (χ0n) is 12.6. The molecule has 0 aliphatic heterocycles. The third-order valence-corrected chi connectivity index (χ3v) is 3.96. The van der Waals surface area contributed by atoms with Gasteiger partial charge in [0.25, 0.3) is 0 Å². The van der Waals surface area contributed by atoms with E-state index in [4.69, 9.17) is 15.2 Å². The fourth-order valence-corrected chi connectivity index (χ4v) is 2.73. The van der Waals surface area contributed by atoms with E-state index in [-0.39, 0.29) is 5.56 Å². The van der Waals surface area contributed by atoms with Gasteiger partial charge in [-0.05, 0) is 41.7 Å². The van der Waals surface area contributed by atoms with E-state index >= 15 is 0 Å².